The van der Waals surface area contributed by atoms with Gasteiger partial charge in [0.2, 0.25) is 0 Å². The Labute approximate surface area is 88.6 Å². The first-order valence-electron chi connectivity index (χ1n) is 3.71. The van der Waals surface area contributed by atoms with Crippen LogP contribution in [0.4, 0.5) is 5.69 Å². The van der Waals surface area contributed by atoms with Crippen LogP contribution in [-0.4, -0.2) is 17.1 Å². The quantitative estimate of drug-likeness (QED) is 0.666. The predicted molar refractivity (Wildman–Crippen MR) is 53.3 cm³/mol. The first-order valence-corrected chi connectivity index (χ1v) is 4.51. The average molecular weight is 262 g/mol. The predicted octanol–water partition coefficient (Wildman–Crippen LogP) is 1.86. The minimum Gasteiger partial charge on any atom is -0.496 e. The number of nitro groups is 1. The zero-order valence-corrected chi connectivity index (χ0v) is 8.94. The van der Waals surface area contributed by atoms with Crippen LogP contribution in [0.5, 0.6) is 5.75 Å². The summed E-state index contributed by atoms with van der Waals surface area (Å²) in [6.07, 6.45) is 0. The van der Waals surface area contributed by atoms with E-state index in [2.05, 4.69) is 15.9 Å². The second-order valence-electron chi connectivity index (χ2n) is 2.53. The molecular formula is C8H8BrNO4. The maximum Gasteiger partial charge on any atom is 0.284 e. The standard InChI is InChI=1S/C8H8BrNO4/c1-14-8-3-6(9)7(10(12)13)2-5(8)4-11/h2-3,11H,4H2,1H3. The van der Waals surface area contributed by atoms with Crippen LogP contribution in [0.1, 0.15) is 5.56 Å². The van der Waals surface area contributed by atoms with Crippen molar-refractivity contribution in [3.63, 3.8) is 0 Å². The molecule has 0 aliphatic rings. The number of ether oxygens (including phenoxy) is 1. The molecule has 0 saturated heterocycles. The molecule has 0 aliphatic carbocycles. The lowest BCUT2D eigenvalue weighted by Crippen LogP contribution is -1.96. The van der Waals surface area contributed by atoms with Gasteiger partial charge in [-0.05, 0) is 15.9 Å². The van der Waals surface area contributed by atoms with Crippen LogP contribution in [0.25, 0.3) is 0 Å². The lowest BCUT2D eigenvalue weighted by molar-refractivity contribution is -0.385. The molecule has 0 bridgehead atoms. The second kappa shape index (κ2) is 4.39. The number of methoxy groups -OCH3 is 1. The number of nitro benzene ring substituents is 1. The van der Waals surface area contributed by atoms with Gasteiger partial charge < -0.3 is 9.84 Å². The summed E-state index contributed by atoms with van der Waals surface area (Å²) in [6.45, 7) is -0.294. The normalized spacial score (nSPS) is 9.93. The molecule has 0 saturated carbocycles. The molecule has 1 N–H and O–H groups in total. The molecule has 0 amide bonds. The van der Waals surface area contributed by atoms with Crippen LogP contribution in [0.2, 0.25) is 0 Å². The molecule has 14 heavy (non-hydrogen) atoms. The Morgan fingerprint density at radius 1 is 1.64 bits per heavy atom. The lowest BCUT2D eigenvalue weighted by atomic mass is 10.2. The van der Waals surface area contributed by atoms with Gasteiger partial charge >= 0.3 is 0 Å². The van der Waals surface area contributed by atoms with E-state index in [0.29, 0.717) is 15.8 Å². The molecule has 1 aromatic rings. The topological polar surface area (TPSA) is 72.6 Å². The smallest absolute Gasteiger partial charge is 0.284 e. The number of halogens is 1. The molecule has 5 nitrogen and oxygen atoms in total. The van der Waals surface area contributed by atoms with Gasteiger partial charge in [0.05, 0.1) is 23.1 Å². The third kappa shape index (κ3) is 2.02. The lowest BCUT2D eigenvalue weighted by Gasteiger charge is -2.06. The van der Waals surface area contributed by atoms with Gasteiger partial charge in [-0.25, -0.2) is 0 Å². The van der Waals surface area contributed by atoms with Gasteiger partial charge in [-0.1, -0.05) is 0 Å². The Morgan fingerprint density at radius 3 is 2.71 bits per heavy atom. The molecule has 1 rings (SSSR count). The molecule has 0 heterocycles. The van der Waals surface area contributed by atoms with Crippen molar-refractivity contribution in [2.45, 2.75) is 6.61 Å². The van der Waals surface area contributed by atoms with Crippen molar-refractivity contribution in [2.75, 3.05) is 7.11 Å². The zero-order valence-electron chi connectivity index (χ0n) is 7.36. The largest absolute Gasteiger partial charge is 0.496 e. The summed E-state index contributed by atoms with van der Waals surface area (Å²) in [5, 5.41) is 19.5. The van der Waals surface area contributed by atoms with E-state index in [4.69, 9.17) is 9.84 Å². The maximum atomic E-state index is 10.5. The van der Waals surface area contributed by atoms with Crippen molar-refractivity contribution >= 4 is 21.6 Å². The molecule has 0 aliphatic heterocycles. The number of aliphatic hydroxyl groups excluding tert-OH is 1. The number of aliphatic hydroxyl groups is 1. The van der Waals surface area contributed by atoms with Crippen molar-refractivity contribution < 1.29 is 14.8 Å². The van der Waals surface area contributed by atoms with Crippen LogP contribution in [0, 0.1) is 10.1 Å². The first-order chi connectivity index (χ1) is 6.60. The molecule has 0 unspecified atom stereocenters. The summed E-state index contributed by atoms with van der Waals surface area (Å²) in [5.74, 6) is 0.421. The van der Waals surface area contributed by atoms with Crippen LogP contribution < -0.4 is 4.74 Å². The summed E-state index contributed by atoms with van der Waals surface area (Å²) in [6, 6.07) is 2.74. The summed E-state index contributed by atoms with van der Waals surface area (Å²) in [5.41, 5.74) is 0.303. The highest BCUT2D eigenvalue weighted by atomic mass is 79.9. The first kappa shape index (κ1) is 10.9. The Balaban J connectivity index is 3.30. The second-order valence-corrected chi connectivity index (χ2v) is 3.39. The zero-order chi connectivity index (χ0) is 10.7. The van der Waals surface area contributed by atoms with E-state index >= 15 is 0 Å². The van der Waals surface area contributed by atoms with Gasteiger partial charge in [0.25, 0.3) is 5.69 Å². The molecule has 1 aromatic carbocycles. The SMILES string of the molecule is COc1cc(Br)c([N+](=O)[O-])cc1CO. The molecular weight excluding hydrogens is 254 g/mol. The molecule has 0 fully saturated rings. The Kier molecular flexibility index (Phi) is 3.43. The fourth-order valence-corrected chi connectivity index (χ4v) is 1.51. The minimum atomic E-state index is -0.525. The van der Waals surface area contributed by atoms with Gasteiger partial charge in [-0.15, -0.1) is 0 Å². The van der Waals surface area contributed by atoms with Gasteiger partial charge in [0.1, 0.15) is 5.75 Å². The monoisotopic (exact) mass is 261 g/mol. The third-order valence-electron chi connectivity index (χ3n) is 1.72. The number of hydrogen-bond donors (Lipinski definition) is 1. The summed E-state index contributed by atoms with van der Waals surface area (Å²) >= 11 is 3.05. The van der Waals surface area contributed by atoms with Crippen molar-refractivity contribution in [2.24, 2.45) is 0 Å². The average Bonchev–Trinajstić information content (AvgIpc) is 2.16. The van der Waals surface area contributed by atoms with E-state index in [1.165, 1.54) is 19.2 Å². The van der Waals surface area contributed by atoms with E-state index in [1.807, 2.05) is 0 Å². The third-order valence-corrected chi connectivity index (χ3v) is 2.35. The molecule has 76 valence electrons. The molecule has 0 spiro atoms. The Bertz CT molecular complexity index is 367. The molecule has 0 atom stereocenters. The van der Waals surface area contributed by atoms with Gasteiger partial charge in [-0.3, -0.25) is 10.1 Å². The van der Waals surface area contributed by atoms with Crippen molar-refractivity contribution in [3.8, 4) is 5.75 Å². The summed E-state index contributed by atoms with van der Waals surface area (Å²) in [4.78, 5) is 10.0. The van der Waals surface area contributed by atoms with Gasteiger partial charge in [0.15, 0.2) is 0 Å². The van der Waals surface area contributed by atoms with Crippen molar-refractivity contribution in [1.29, 1.82) is 0 Å². The number of rotatable bonds is 3. The molecule has 0 aromatic heterocycles. The van der Waals surface area contributed by atoms with Gasteiger partial charge in [-0.2, -0.15) is 0 Å². The minimum absolute atomic E-state index is 0.0881. The number of hydrogen-bond acceptors (Lipinski definition) is 4. The number of nitrogens with zero attached hydrogens (tertiary/aromatic N) is 1. The van der Waals surface area contributed by atoms with Crippen LogP contribution in [0.15, 0.2) is 16.6 Å². The summed E-state index contributed by atoms with van der Waals surface area (Å²) in [7, 11) is 1.44. The molecule has 0 radical (unpaired) electrons. The highest BCUT2D eigenvalue weighted by Gasteiger charge is 2.16. The van der Waals surface area contributed by atoms with Crippen LogP contribution in [0.3, 0.4) is 0 Å². The highest BCUT2D eigenvalue weighted by Crippen LogP contribution is 2.32. The Morgan fingerprint density at radius 2 is 2.29 bits per heavy atom. The number of benzene rings is 1. The van der Waals surface area contributed by atoms with E-state index < -0.39 is 4.92 Å². The fourth-order valence-electron chi connectivity index (χ4n) is 1.04. The fraction of sp³-hybridized carbons (Fsp3) is 0.250. The van der Waals surface area contributed by atoms with Crippen molar-refractivity contribution in [3.05, 3.63) is 32.3 Å². The van der Waals surface area contributed by atoms with Crippen molar-refractivity contribution in [1.82, 2.24) is 0 Å². The summed E-state index contributed by atoms with van der Waals surface area (Å²) < 4.78 is 5.27. The van der Waals surface area contributed by atoms with Crippen LogP contribution in [-0.2, 0) is 6.61 Å². The van der Waals surface area contributed by atoms with E-state index in [1.54, 1.807) is 0 Å². The van der Waals surface area contributed by atoms with E-state index in [-0.39, 0.29) is 12.3 Å². The highest BCUT2D eigenvalue weighted by molar-refractivity contribution is 9.10. The van der Waals surface area contributed by atoms with Gasteiger partial charge in [0, 0.05) is 17.7 Å². The van der Waals surface area contributed by atoms with Crippen LogP contribution >= 0.6 is 15.9 Å². The van der Waals surface area contributed by atoms with E-state index in [9.17, 15) is 10.1 Å². The maximum absolute atomic E-state index is 10.5. The van der Waals surface area contributed by atoms with E-state index in [0.717, 1.165) is 0 Å². The molecule has 6 heteroatoms. The Hall–Kier alpha value is -1.14.